The number of carboxylic acid groups (broad SMARTS) is 1. The monoisotopic (exact) mass is 234 g/mol. The Morgan fingerprint density at radius 3 is 2.41 bits per heavy atom. The molecule has 3 nitrogen and oxygen atoms in total. The van der Waals surface area contributed by atoms with E-state index in [4.69, 9.17) is 5.11 Å². The lowest BCUT2D eigenvalue weighted by Gasteiger charge is -2.03. The van der Waals surface area contributed by atoms with Crippen LogP contribution in [0.25, 0.3) is 0 Å². The molecule has 0 saturated heterocycles. The lowest BCUT2D eigenvalue weighted by molar-refractivity contribution is -0.140. The average Bonchev–Trinajstić information content (AvgIpc) is 2.26. The van der Waals surface area contributed by atoms with Crippen LogP contribution in [0.4, 0.5) is 0 Å². The topological polar surface area (TPSA) is 54.4 Å². The van der Waals surface area contributed by atoms with E-state index in [-0.39, 0.29) is 12.2 Å². The van der Waals surface area contributed by atoms with Crippen LogP contribution >= 0.6 is 0 Å². The number of hydrogen-bond acceptors (Lipinski definition) is 2. The molecule has 0 radical (unpaired) electrons. The minimum atomic E-state index is -1.05. The van der Waals surface area contributed by atoms with E-state index in [0.29, 0.717) is 12.8 Å². The van der Waals surface area contributed by atoms with Gasteiger partial charge in [-0.05, 0) is 24.0 Å². The van der Waals surface area contributed by atoms with Crippen molar-refractivity contribution in [1.82, 2.24) is 0 Å². The standard InChI is InChI=1S/C14H18O3/c1-2-4-11-5-3-6-12(9-11)7-8-13(15)10-14(16)17/h3,5-6,9H,2,4,7-8,10H2,1H3,(H,16,17). The SMILES string of the molecule is CCCc1cccc(CCC(=O)CC(=O)O)c1. The summed E-state index contributed by atoms with van der Waals surface area (Å²) in [5, 5.41) is 8.47. The van der Waals surface area contributed by atoms with Crippen molar-refractivity contribution in [2.45, 2.75) is 39.0 Å². The van der Waals surface area contributed by atoms with E-state index in [1.807, 2.05) is 12.1 Å². The molecule has 17 heavy (non-hydrogen) atoms. The van der Waals surface area contributed by atoms with Gasteiger partial charge in [-0.25, -0.2) is 0 Å². The van der Waals surface area contributed by atoms with Crippen molar-refractivity contribution in [1.29, 1.82) is 0 Å². The molecule has 0 fully saturated rings. The third-order valence-corrected chi connectivity index (χ3v) is 2.57. The fourth-order valence-corrected chi connectivity index (χ4v) is 1.77. The largest absolute Gasteiger partial charge is 0.481 e. The Balaban J connectivity index is 2.48. The number of benzene rings is 1. The number of ketones is 1. The highest BCUT2D eigenvalue weighted by Gasteiger charge is 2.07. The summed E-state index contributed by atoms with van der Waals surface area (Å²) in [6.07, 6.45) is 2.71. The van der Waals surface area contributed by atoms with Gasteiger partial charge in [0.2, 0.25) is 0 Å². The van der Waals surface area contributed by atoms with Crippen molar-refractivity contribution in [3.05, 3.63) is 35.4 Å². The van der Waals surface area contributed by atoms with Crippen LogP contribution in [0.15, 0.2) is 24.3 Å². The van der Waals surface area contributed by atoms with Crippen LogP contribution in [0.2, 0.25) is 0 Å². The van der Waals surface area contributed by atoms with Crippen LogP contribution in [-0.4, -0.2) is 16.9 Å². The third-order valence-electron chi connectivity index (χ3n) is 2.57. The molecular formula is C14H18O3. The fourth-order valence-electron chi connectivity index (χ4n) is 1.77. The second-order valence-corrected chi connectivity index (χ2v) is 4.18. The van der Waals surface area contributed by atoms with E-state index >= 15 is 0 Å². The number of Topliss-reactive ketones (excluding diaryl/α,β-unsaturated/α-hetero) is 1. The molecule has 1 N–H and O–H groups in total. The third kappa shape index (κ3) is 5.29. The Hall–Kier alpha value is -1.64. The van der Waals surface area contributed by atoms with Gasteiger partial charge in [0.15, 0.2) is 0 Å². The summed E-state index contributed by atoms with van der Waals surface area (Å²) >= 11 is 0. The summed E-state index contributed by atoms with van der Waals surface area (Å²) in [4.78, 5) is 21.6. The maximum absolute atomic E-state index is 11.3. The number of carbonyl (C=O) groups is 2. The Morgan fingerprint density at radius 1 is 1.18 bits per heavy atom. The van der Waals surface area contributed by atoms with Crippen molar-refractivity contribution >= 4 is 11.8 Å². The Kier molecular flexibility index (Phi) is 5.40. The fraction of sp³-hybridized carbons (Fsp3) is 0.429. The predicted octanol–water partition coefficient (Wildman–Crippen LogP) is 2.62. The molecule has 0 spiro atoms. The molecule has 0 bridgehead atoms. The maximum Gasteiger partial charge on any atom is 0.310 e. The Bertz CT molecular complexity index is 396. The van der Waals surface area contributed by atoms with Gasteiger partial charge in [-0.15, -0.1) is 0 Å². The highest BCUT2D eigenvalue weighted by molar-refractivity contribution is 5.94. The van der Waals surface area contributed by atoms with Gasteiger partial charge in [-0.2, -0.15) is 0 Å². The van der Waals surface area contributed by atoms with Crippen LogP contribution in [-0.2, 0) is 22.4 Å². The van der Waals surface area contributed by atoms with E-state index in [1.54, 1.807) is 0 Å². The summed E-state index contributed by atoms with van der Waals surface area (Å²) in [7, 11) is 0. The smallest absolute Gasteiger partial charge is 0.310 e. The molecule has 0 aromatic heterocycles. The molecule has 0 aliphatic carbocycles. The van der Waals surface area contributed by atoms with E-state index in [9.17, 15) is 9.59 Å². The minimum Gasteiger partial charge on any atom is -0.481 e. The molecule has 0 atom stereocenters. The predicted molar refractivity (Wildman–Crippen MR) is 66.0 cm³/mol. The first kappa shape index (κ1) is 13.4. The normalized spacial score (nSPS) is 10.2. The first-order valence-electron chi connectivity index (χ1n) is 5.93. The number of rotatable bonds is 7. The summed E-state index contributed by atoms with van der Waals surface area (Å²) in [6, 6.07) is 8.14. The zero-order valence-corrected chi connectivity index (χ0v) is 10.1. The number of aryl methyl sites for hydroxylation is 2. The molecule has 92 valence electrons. The molecular weight excluding hydrogens is 216 g/mol. The average molecular weight is 234 g/mol. The molecule has 0 unspecified atom stereocenters. The number of aliphatic carboxylic acids is 1. The van der Waals surface area contributed by atoms with Crippen molar-refractivity contribution in [2.24, 2.45) is 0 Å². The molecule has 0 aliphatic rings. The van der Waals surface area contributed by atoms with E-state index in [2.05, 4.69) is 19.1 Å². The zero-order valence-electron chi connectivity index (χ0n) is 10.1. The Morgan fingerprint density at radius 2 is 1.82 bits per heavy atom. The summed E-state index contributed by atoms with van der Waals surface area (Å²) in [5.41, 5.74) is 2.38. The lowest BCUT2D eigenvalue weighted by Crippen LogP contribution is -2.07. The zero-order chi connectivity index (χ0) is 12.7. The van der Waals surface area contributed by atoms with Gasteiger partial charge in [0.1, 0.15) is 12.2 Å². The highest BCUT2D eigenvalue weighted by Crippen LogP contribution is 2.10. The number of carboxylic acids is 1. The molecule has 1 aromatic rings. The lowest BCUT2D eigenvalue weighted by atomic mass is 10.0. The van der Waals surface area contributed by atoms with Gasteiger partial charge in [0, 0.05) is 6.42 Å². The van der Waals surface area contributed by atoms with Gasteiger partial charge in [-0.1, -0.05) is 37.6 Å². The van der Waals surface area contributed by atoms with Crippen LogP contribution < -0.4 is 0 Å². The second kappa shape index (κ2) is 6.84. The van der Waals surface area contributed by atoms with Crippen LogP contribution in [0, 0.1) is 0 Å². The van der Waals surface area contributed by atoms with Gasteiger partial charge in [0.05, 0.1) is 0 Å². The van der Waals surface area contributed by atoms with Crippen molar-refractivity contribution in [2.75, 3.05) is 0 Å². The van der Waals surface area contributed by atoms with Gasteiger partial charge < -0.3 is 5.11 Å². The van der Waals surface area contributed by atoms with Gasteiger partial charge in [-0.3, -0.25) is 9.59 Å². The van der Waals surface area contributed by atoms with Crippen LogP contribution in [0.5, 0.6) is 0 Å². The molecule has 1 aromatic carbocycles. The van der Waals surface area contributed by atoms with E-state index in [0.717, 1.165) is 18.4 Å². The summed E-state index contributed by atoms with van der Waals surface area (Å²) in [5.74, 6) is -1.26. The molecule has 0 aliphatic heterocycles. The van der Waals surface area contributed by atoms with Crippen LogP contribution in [0.3, 0.4) is 0 Å². The highest BCUT2D eigenvalue weighted by atomic mass is 16.4. The quantitative estimate of drug-likeness (QED) is 0.738. The molecule has 0 saturated carbocycles. The van der Waals surface area contributed by atoms with Crippen molar-refractivity contribution in [3.8, 4) is 0 Å². The summed E-state index contributed by atoms with van der Waals surface area (Å²) < 4.78 is 0. The number of carbonyl (C=O) groups excluding carboxylic acids is 1. The first-order valence-corrected chi connectivity index (χ1v) is 5.93. The molecule has 1 rings (SSSR count). The van der Waals surface area contributed by atoms with E-state index < -0.39 is 5.97 Å². The Labute approximate surface area is 101 Å². The second-order valence-electron chi connectivity index (χ2n) is 4.18. The van der Waals surface area contributed by atoms with Crippen molar-refractivity contribution in [3.63, 3.8) is 0 Å². The summed E-state index contributed by atoms with van der Waals surface area (Å²) in [6.45, 7) is 2.13. The van der Waals surface area contributed by atoms with Crippen LogP contribution in [0.1, 0.15) is 37.3 Å². The molecule has 3 heteroatoms. The van der Waals surface area contributed by atoms with Crippen molar-refractivity contribution < 1.29 is 14.7 Å². The van der Waals surface area contributed by atoms with E-state index in [1.165, 1.54) is 5.56 Å². The molecule has 0 heterocycles. The van der Waals surface area contributed by atoms with Gasteiger partial charge >= 0.3 is 5.97 Å². The molecule has 0 amide bonds. The first-order chi connectivity index (χ1) is 8.11. The maximum atomic E-state index is 11.3. The van der Waals surface area contributed by atoms with Gasteiger partial charge in [0.25, 0.3) is 0 Å². The minimum absolute atomic E-state index is 0.210. The number of hydrogen-bond donors (Lipinski definition) is 1.